The van der Waals surface area contributed by atoms with Gasteiger partial charge in [-0.1, -0.05) is 11.6 Å². The maximum Gasteiger partial charge on any atom is 0.278 e. The number of hydrogen-bond donors (Lipinski definition) is 0. The Morgan fingerprint density at radius 2 is 2.14 bits per heavy atom. The molecule has 78 valence electrons. The zero-order valence-corrected chi connectivity index (χ0v) is 8.48. The van der Waals surface area contributed by atoms with Gasteiger partial charge in [-0.3, -0.25) is 0 Å². The van der Waals surface area contributed by atoms with E-state index in [0.717, 1.165) is 6.92 Å². The average molecular weight is 223 g/mol. The molecule has 0 bridgehead atoms. The summed E-state index contributed by atoms with van der Waals surface area (Å²) < 4.78 is 29.6. The van der Waals surface area contributed by atoms with Gasteiger partial charge in [-0.2, -0.15) is 0 Å². The van der Waals surface area contributed by atoms with E-state index in [1.165, 1.54) is 6.07 Å². The number of hydrogen-bond acceptors (Lipinski definition) is 3. The molecule has 6 heteroatoms. The third-order valence-corrected chi connectivity index (χ3v) is 1.56. The van der Waals surface area contributed by atoms with Crippen LogP contribution in [-0.4, -0.2) is 22.7 Å². The highest BCUT2D eigenvalue weighted by molar-refractivity contribution is 6.29. The van der Waals surface area contributed by atoms with Crippen molar-refractivity contribution in [2.75, 3.05) is 6.61 Å². The lowest BCUT2D eigenvalue weighted by Crippen LogP contribution is -2.21. The molecule has 0 saturated carbocycles. The Hall–Kier alpha value is -0.970. The van der Waals surface area contributed by atoms with E-state index in [1.807, 2.05) is 0 Å². The van der Waals surface area contributed by atoms with Gasteiger partial charge in [0.25, 0.3) is 5.92 Å². The van der Waals surface area contributed by atoms with Gasteiger partial charge in [-0.15, -0.1) is 10.2 Å². The largest absolute Gasteiger partial charge is 0.470 e. The second-order valence-electron chi connectivity index (χ2n) is 3.01. The van der Waals surface area contributed by atoms with Crippen molar-refractivity contribution in [2.45, 2.75) is 19.8 Å². The van der Waals surface area contributed by atoms with Gasteiger partial charge in [-0.05, 0) is 13.0 Å². The molecule has 0 amide bonds. The highest BCUT2D eigenvalue weighted by Crippen LogP contribution is 2.19. The van der Waals surface area contributed by atoms with Crippen molar-refractivity contribution in [3.8, 4) is 5.88 Å². The molecule has 0 spiro atoms. The molecule has 1 aromatic rings. The van der Waals surface area contributed by atoms with Gasteiger partial charge in [-0.25, -0.2) is 8.78 Å². The summed E-state index contributed by atoms with van der Waals surface area (Å²) in [6, 6.07) is 1.50. The van der Waals surface area contributed by atoms with Gasteiger partial charge in [0.2, 0.25) is 5.88 Å². The molecule has 1 rings (SSSR count). The van der Waals surface area contributed by atoms with Gasteiger partial charge in [0.05, 0.1) is 0 Å². The summed E-state index contributed by atoms with van der Waals surface area (Å²) >= 11 is 5.53. The minimum absolute atomic E-state index is 0.0796. The summed E-state index contributed by atoms with van der Waals surface area (Å²) in [6.45, 7) is 1.71. The van der Waals surface area contributed by atoms with Crippen molar-refractivity contribution >= 4 is 11.6 Å². The van der Waals surface area contributed by atoms with Crippen LogP contribution >= 0.6 is 11.6 Å². The Morgan fingerprint density at radius 1 is 1.50 bits per heavy atom. The van der Waals surface area contributed by atoms with E-state index in [1.54, 1.807) is 6.92 Å². The molecule has 0 aromatic carbocycles. The topological polar surface area (TPSA) is 35.0 Å². The quantitative estimate of drug-likeness (QED) is 0.788. The molecular weight excluding hydrogens is 214 g/mol. The molecule has 0 radical (unpaired) electrons. The Bertz CT molecular complexity index is 328. The molecule has 1 aromatic heterocycles. The number of aryl methyl sites for hydroxylation is 1. The summed E-state index contributed by atoms with van der Waals surface area (Å²) in [7, 11) is 0. The van der Waals surface area contributed by atoms with Crippen molar-refractivity contribution < 1.29 is 13.5 Å². The number of nitrogens with zero attached hydrogens (tertiary/aromatic N) is 2. The number of aromatic nitrogens is 2. The van der Waals surface area contributed by atoms with Crippen molar-refractivity contribution in [2.24, 2.45) is 0 Å². The van der Waals surface area contributed by atoms with E-state index >= 15 is 0 Å². The van der Waals surface area contributed by atoms with Crippen LogP contribution in [0.2, 0.25) is 5.15 Å². The summed E-state index contributed by atoms with van der Waals surface area (Å²) in [5.74, 6) is -2.80. The van der Waals surface area contributed by atoms with Crippen LogP contribution in [0, 0.1) is 6.92 Å². The Morgan fingerprint density at radius 3 is 2.64 bits per heavy atom. The number of rotatable bonds is 3. The van der Waals surface area contributed by atoms with Crippen molar-refractivity contribution in [1.82, 2.24) is 10.2 Å². The predicted octanol–water partition coefficient (Wildman–Crippen LogP) is 2.47. The summed E-state index contributed by atoms with van der Waals surface area (Å²) in [5.41, 5.74) is 0.578. The molecule has 0 saturated heterocycles. The lowest BCUT2D eigenvalue weighted by Gasteiger charge is -2.11. The van der Waals surface area contributed by atoms with Gasteiger partial charge in [0, 0.05) is 12.5 Å². The van der Waals surface area contributed by atoms with Crippen LogP contribution in [0.3, 0.4) is 0 Å². The Kier molecular flexibility index (Phi) is 3.21. The zero-order chi connectivity index (χ0) is 10.8. The number of ether oxygens (including phenoxy) is 1. The first-order valence-corrected chi connectivity index (χ1v) is 4.27. The van der Waals surface area contributed by atoms with E-state index < -0.39 is 12.5 Å². The number of halogens is 3. The van der Waals surface area contributed by atoms with Gasteiger partial charge in [0.15, 0.2) is 11.8 Å². The summed E-state index contributed by atoms with van der Waals surface area (Å²) in [6.07, 6.45) is 0. The van der Waals surface area contributed by atoms with Crippen LogP contribution < -0.4 is 4.74 Å². The molecule has 14 heavy (non-hydrogen) atoms. The second kappa shape index (κ2) is 4.04. The van der Waals surface area contributed by atoms with Crippen LogP contribution in [-0.2, 0) is 0 Å². The van der Waals surface area contributed by atoms with E-state index in [0.29, 0.717) is 5.56 Å². The molecule has 0 N–H and O–H groups in total. The molecule has 0 fully saturated rings. The summed E-state index contributed by atoms with van der Waals surface area (Å²) in [5, 5.41) is 7.24. The predicted molar refractivity (Wildman–Crippen MR) is 47.9 cm³/mol. The first-order valence-electron chi connectivity index (χ1n) is 3.89. The fraction of sp³-hybridized carbons (Fsp3) is 0.500. The van der Waals surface area contributed by atoms with E-state index in [2.05, 4.69) is 10.2 Å². The molecule has 0 atom stereocenters. The smallest absolute Gasteiger partial charge is 0.278 e. The SMILES string of the molecule is Cc1cc(Cl)nnc1OCC(C)(F)F. The fourth-order valence-electron chi connectivity index (χ4n) is 0.779. The molecule has 1 heterocycles. The molecule has 0 aliphatic heterocycles. The van der Waals surface area contributed by atoms with Crippen molar-refractivity contribution in [3.63, 3.8) is 0 Å². The van der Waals surface area contributed by atoms with Crippen LogP contribution in [0.25, 0.3) is 0 Å². The van der Waals surface area contributed by atoms with Gasteiger partial charge >= 0.3 is 0 Å². The standard InChI is InChI=1S/C8H9ClF2N2O/c1-5-3-6(9)12-13-7(5)14-4-8(2,10)11/h3H,4H2,1-2H3. The lowest BCUT2D eigenvalue weighted by molar-refractivity contribution is -0.0246. The molecule has 0 aliphatic carbocycles. The summed E-state index contributed by atoms with van der Waals surface area (Å²) in [4.78, 5) is 0. The third-order valence-electron chi connectivity index (χ3n) is 1.37. The van der Waals surface area contributed by atoms with Crippen LogP contribution in [0.15, 0.2) is 6.07 Å². The Labute approximate surface area is 85.0 Å². The van der Waals surface area contributed by atoms with E-state index in [9.17, 15) is 8.78 Å². The molecule has 0 aliphatic rings. The normalized spacial score (nSPS) is 11.5. The lowest BCUT2D eigenvalue weighted by atomic mass is 10.3. The number of alkyl halides is 2. The van der Waals surface area contributed by atoms with E-state index in [-0.39, 0.29) is 11.0 Å². The monoisotopic (exact) mass is 222 g/mol. The zero-order valence-electron chi connectivity index (χ0n) is 7.72. The maximum absolute atomic E-state index is 12.4. The van der Waals surface area contributed by atoms with Crippen LogP contribution in [0.5, 0.6) is 5.88 Å². The first-order chi connectivity index (χ1) is 6.38. The molecule has 0 unspecified atom stereocenters. The second-order valence-corrected chi connectivity index (χ2v) is 3.40. The van der Waals surface area contributed by atoms with Crippen molar-refractivity contribution in [1.29, 1.82) is 0 Å². The first kappa shape index (κ1) is 11.1. The molecule has 3 nitrogen and oxygen atoms in total. The Balaban J connectivity index is 2.68. The highest BCUT2D eigenvalue weighted by atomic mass is 35.5. The molecular formula is C8H9ClF2N2O. The van der Waals surface area contributed by atoms with Crippen LogP contribution in [0.4, 0.5) is 8.78 Å². The minimum Gasteiger partial charge on any atom is -0.470 e. The van der Waals surface area contributed by atoms with E-state index in [4.69, 9.17) is 16.3 Å². The third kappa shape index (κ3) is 3.41. The van der Waals surface area contributed by atoms with Gasteiger partial charge < -0.3 is 4.74 Å². The fourth-order valence-corrected chi connectivity index (χ4v) is 0.981. The minimum atomic E-state index is -2.88. The van der Waals surface area contributed by atoms with Gasteiger partial charge in [0.1, 0.15) is 0 Å². The highest BCUT2D eigenvalue weighted by Gasteiger charge is 2.22. The van der Waals surface area contributed by atoms with Crippen molar-refractivity contribution in [3.05, 3.63) is 16.8 Å². The average Bonchev–Trinajstić information content (AvgIpc) is 2.00. The maximum atomic E-state index is 12.4. The van der Waals surface area contributed by atoms with Crippen LogP contribution in [0.1, 0.15) is 12.5 Å².